The Labute approximate surface area is 222 Å². The third-order valence-electron chi connectivity index (χ3n) is 5.72. The van der Waals surface area contributed by atoms with Crippen molar-refractivity contribution in [2.75, 3.05) is 24.3 Å². The van der Waals surface area contributed by atoms with Crippen molar-refractivity contribution in [3.8, 4) is 0 Å². The largest absolute Gasteiger partial charge is 0.394 e. The number of aliphatic hydroxyl groups excluding tert-OH is 1. The maximum absolute atomic E-state index is 14.2. The van der Waals surface area contributed by atoms with Gasteiger partial charge in [-0.2, -0.15) is 0 Å². The average molecular weight is 526 g/mol. The molecule has 4 N–H and O–H groups in total. The van der Waals surface area contributed by atoms with Gasteiger partial charge in [-0.05, 0) is 37.0 Å². The molecule has 0 aliphatic heterocycles. The van der Waals surface area contributed by atoms with Gasteiger partial charge in [-0.25, -0.2) is 19.0 Å². The van der Waals surface area contributed by atoms with Crippen LogP contribution in [-0.2, 0) is 4.74 Å². The summed E-state index contributed by atoms with van der Waals surface area (Å²) in [6, 6.07) is -0.105. The monoisotopic (exact) mass is 525 g/mol. The van der Waals surface area contributed by atoms with Crippen LogP contribution < -0.4 is 5.32 Å². The van der Waals surface area contributed by atoms with E-state index in [4.69, 9.17) is 14.3 Å². The molecule has 0 amide bonds. The lowest BCUT2D eigenvalue weighted by atomic mass is 10.1. The Balaban J connectivity index is 1.63. The number of halogens is 1. The number of anilines is 1. The highest BCUT2D eigenvalue weighted by atomic mass is 32.2. The molecule has 3 aromatic rings. The Morgan fingerprint density at radius 3 is 2.92 bits per heavy atom. The number of benzene rings is 1. The Morgan fingerprint density at radius 2 is 2.17 bits per heavy atom. The highest BCUT2D eigenvalue weighted by Gasteiger charge is 2.45. The zero-order valence-electron chi connectivity index (χ0n) is 26.6. The first-order chi connectivity index (χ1) is 19.9. The minimum atomic E-state index is -3.80. The molecule has 0 radical (unpaired) electrons. The normalized spacial score (nSPS) is 42.1. The van der Waals surface area contributed by atoms with Crippen molar-refractivity contribution in [2.45, 2.75) is 74.4 Å². The fraction of sp³-hybridized carbons (Fsp3) is 0.583. The number of nitrogens with one attached hydrogen (secondary N) is 1. The van der Waals surface area contributed by atoms with Crippen LogP contribution in [0.15, 0.2) is 23.4 Å². The molecule has 2 fully saturated rings. The van der Waals surface area contributed by atoms with Crippen molar-refractivity contribution < 1.29 is 34.0 Å². The van der Waals surface area contributed by atoms with Crippen LogP contribution in [0.4, 0.5) is 10.2 Å². The molecule has 1 aromatic carbocycles. The quantitative estimate of drug-likeness (QED) is 0.230. The van der Waals surface area contributed by atoms with Crippen molar-refractivity contribution in [1.82, 2.24) is 25.0 Å². The molecule has 10 nitrogen and oxygen atoms in total. The number of aryl methyl sites for hydroxylation is 1. The van der Waals surface area contributed by atoms with E-state index < -0.39 is 61.6 Å². The molecular weight excluding hydrogens is 487 g/mol. The molecule has 6 atom stereocenters. The van der Waals surface area contributed by atoms with Crippen molar-refractivity contribution in [3.63, 3.8) is 0 Å². The smallest absolute Gasteiger partial charge is 0.191 e. The summed E-state index contributed by atoms with van der Waals surface area (Å²) in [6.45, 7) is 2.04. The standard InChI is InChI=1S/C24H31FN6O4S/c1-3-8-36-24-27-22(26-16-10-14(16)13-5-4-12(2)15(25)9-13)19-23(28-24)31(30-29-19)17-11-18(35-7-6-32)21(34)20(17)33/h4-5,9,14,16-18,20-21,32-34H,3,6-8,10-11H2,1-2H3,(H,26,27,28)/t14-,16+,17+,18-,20-,21+/m0/s1/i11D2,16D,17D,18D,20D,21D. The zero-order valence-corrected chi connectivity index (χ0v) is 20.4. The summed E-state index contributed by atoms with van der Waals surface area (Å²) < 4.78 is 80.3. The number of nitrogens with zero attached hydrogens (tertiary/aromatic N) is 5. The van der Waals surface area contributed by atoms with Crippen molar-refractivity contribution >= 4 is 28.7 Å². The summed E-state index contributed by atoms with van der Waals surface area (Å²) in [6.07, 6.45) is -13.6. The number of rotatable bonds is 10. The minimum absolute atomic E-state index is 0.0367. The van der Waals surface area contributed by atoms with Gasteiger partial charge in [0.1, 0.15) is 18.0 Å². The Bertz CT molecular complexity index is 1570. The molecule has 0 saturated heterocycles. The Kier molecular flexibility index (Phi) is 5.26. The maximum Gasteiger partial charge on any atom is 0.191 e. The molecule has 2 aliphatic carbocycles. The zero-order chi connectivity index (χ0) is 31.8. The van der Waals surface area contributed by atoms with Gasteiger partial charge in [-0.1, -0.05) is 36.0 Å². The summed E-state index contributed by atoms with van der Waals surface area (Å²) in [5.74, 6) is -0.332. The molecule has 194 valence electrons. The van der Waals surface area contributed by atoms with Crippen molar-refractivity contribution in [3.05, 3.63) is 35.1 Å². The molecule has 0 bridgehead atoms. The molecule has 0 unspecified atom stereocenters. The highest BCUT2D eigenvalue weighted by molar-refractivity contribution is 7.99. The van der Waals surface area contributed by atoms with Crippen molar-refractivity contribution in [1.29, 1.82) is 0 Å². The van der Waals surface area contributed by atoms with E-state index in [2.05, 4.69) is 25.6 Å². The van der Waals surface area contributed by atoms with Gasteiger partial charge in [-0.15, -0.1) is 5.10 Å². The summed E-state index contributed by atoms with van der Waals surface area (Å²) in [5.41, 5.74) is 0.486. The fourth-order valence-electron chi connectivity index (χ4n) is 3.74. The second-order valence-corrected chi connectivity index (χ2v) is 9.43. The topological polar surface area (TPSA) is 138 Å². The molecule has 36 heavy (non-hydrogen) atoms. The minimum Gasteiger partial charge on any atom is -0.394 e. The molecule has 0 spiro atoms. The molecular formula is C24H31FN6O4S. The SMILES string of the molecule is [2H]C1([2H])[C@]([2H])(OCCO)[C@@]([2H])(O)[C@@]([2H])(O)[C@]1([2H])n1nnc2c(N[C@]3([2H])C[C@H]3c3ccc(C)c(F)c3)nc(SCCC)nc21. The summed E-state index contributed by atoms with van der Waals surface area (Å²) in [7, 11) is 0. The first-order valence-electron chi connectivity index (χ1n) is 14.9. The Morgan fingerprint density at radius 1 is 1.33 bits per heavy atom. The number of fused-ring (bicyclic) bond motifs is 1. The average Bonchev–Trinajstić information content (AvgIpc) is 3.39. The second-order valence-electron chi connectivity index (χ2n) is 8.36. The van der Waals surface area contributed by atoms with Gasteiger partial charge in [-0.3, -0.25) is 0 Å². The number of aliphatic hydroxyl groups is 3. The van der Waals surface area contributed by atoms with Gasteiger partial charge in [0.15, 0.2) is 22.1 Å². The number of ether oxygens (including phenoxy) is 1. The molecule has 5 rings (SSSR count). The first kappa shape index (κ1) is 18.0. The van der Waals surface area contributed by atoms with E-state index in [0.29, 0.717) is 28.0 Å². The summed E-state index contributed by atoms with van der Waals surface area (Å²) in [5, 5.41) is 42.1. The maximum atomic E-state index is 14.2. The van der Waals surface area contributed by atoms with Gasteiger partial charge in [0.05, 0.1) is 32.2 Å². The van der Waals surface area contributed by atoms with E-state index in [-0.39, 0.29) is 28.6 Å². The molecule has 2 heterocycles. The third-order valence-corrected chi connectivity index (χ3v) is 6.78. The van der Waals surface area contributed by atoms with Gasteiger partial charge in [0.25, 0.3) is 0 Å². The van der Waals surface area contributed by atoms with E-state index in [1.165, 1.54) is 17.8 Å². The second kappa shape index (κ2) is 10.5. The Hall–Kier alpha value is -2.38. The van der Waals surface area contributed by atoms with Crippen LogP contribution in [-0.4, -0.2) is 83.5 Å². The highest BCUT2D eigenvalue weighted by Crippen LogP contribution is 2.44. The number of hydrogen-bond donors (Lipinski definition) is 4. The van der Waals surface area contributed by atoms with Gasteiger partial charge < -0.3 is 25.4 Å². The number of aromatic nitrogens is 5. The molecule has 2 aliphatic rings. The van der Waals surface area contributed by atoms with E-state index >= 15 is 0 Å². The van der Waals surface area contributed by atoms with Crippen LogP contribution in [0, 0.1) is 12.7 Å². The van der Waals surface area contributed by atoms with Crippen molar-refractivity contribution in [2.24, 2.45) is 0 Å². The lowest BCUT2D eigenvalue weighted by molar-refractivity contribution is -0.0629. The predicted octanol–water partition coefficient (Wildman–Crippen LogP) is 2.18. The van der Waals surface area contributed by atoms with Crippen LogP contribution in [0.1, 0.15) is 58.8 Å². The number of hydrogen-bond acceptors (Lipinski definition) is 10. The lowest BCUT2D eigenvalue weighted by Crippen LogP contribution is -2.33. The lowest BCUT2D eigenvalue weighted by Gasteiger charge is -2.17. The van der Waals surface area contributed by atoms with E-state index in [0.717, 1.165) is 0 Å². The van der Waals surface area contributed by atoms with Crippen LogP contribution in [0.2, 0.25) is 0 Å². The fourth-order valence-corrected chi connectivity index (χ4v) is 4.43. The van der Waals surface area contributed by atoms with Crippen LogP contribution in [0.3, 0.4) is 0 Å². The van der Waals surface area contributed by atoms with Gasteiger partial charge in [0.2, 0.25) is 0 Å². The van der Waals surface area contributed by atoms with E-state index in [1.807, 2.05) is 6.92 Å². The molecule has 2 aromatic heterocycles. The van der Waals surface area contributed by atoms with E-state index in [1.54, 1.807) is 19.1 Å². The molecule has 12 heteroatoms. The number of thioether (sulfide) groups is 1. The summed E-state index contributed by atoms with van der Waals surface area (Å²) in [4.78, 5) is 8.78. The van der Waals surface area contributed by atoms with Crippen LogP contribution >= 0.6 is 11.8 Å². The van der Waals surface area contributed by atoms with Crippen LogP contribution in [0.25, 0.3) is 11.2 Å². The summed E-state index contributed by atoms with van der Waals surface area (Å²) >= 11 is 1.18. The van der Waals surface area contributed by atoms with Gasteiger partial charge in [0, 0.05) is 26.8 Å². The molecule has 2 saturated carbocycles. The van der Waals surface area contributed by atoms with Gasteiger partial charge >= 0.3 is 0 Å². The predicted molar refractivity (Wildman–Crippen MR) is 133 cm³/mol. The first-order valence-corrected chi connectivity index (χ1v) is 12.4. The third kappa shape index (κ3) is 4.92. The van der Waals surface area contributed by atoms with E-state index in [9.17, 15) is 19.7 Å². The van der Waals surface area contributed by atoms with Crippen LogP contribution in [0.5, 0.6) is 0 Å².